The highest BCUT2D eigenvalue weighted by Crippen LogP contribution is 2.18. The minimum absolute atomic E-state index is 0.223. The second-order valence-corrected chi connectivity index (χ2v) is 4.93. The lowest BCUT2D eigenvalue weighted by molar-refractivity contribution is -0.167. The van der Waals surface area contributed by atoms with Crippen LogP contribution in [0.2, 0.25) is 0 Å². The molecule has 0 aliphatic rings. The highest BCUT2D eigenvalue weighted by molar-refractivity contribution is 9.10. The number of H-pyrrole nitrogens is 1. The quantitative estimate of drug-likeness (QED) is 0.895. The molecule has 106 valence electrons. The summed E-state index contributed by atoms with van der Waals surface area (Å²) in [6, 6.07) is 7.47. The highest BCUT2D eigenvalue weighted by atomic mass is 79.9. The van der Waals surface area contributed by atoms with Crippen molar-refractivity contribution >= 4 is 27.8 Å². The lowest BCUT2D eigenvalue weighted by Gasteiger charge is -2.04. The van der Waals surface area contributed by atoms with Gasteiger partial charge >= 0.3 is 12.1 Å². The summed E-state index contributed by atoms with van der Waals surface area (Å²) in [5, 5.41) is 1.66. The smallest absolute Gasteiger partial charge is 0.328 e. The van der Waals surface area contributed by atoms with E-state index in [1.807, 2.05) is 24.3 Å². The number of amides is 1. The first-order valence-electron chi connectivity index (χ1n) is 5.51. The van der Waals surface area contributed by atoms with E-state index < -0.39 is 12.1 Å². The molecule has 0 atom stereocenters. The number of nitrogens with one attached hydrogen (secondary N) is 2. The van der Waals surface area contributed by atoms with Crippen molar-refractivity contribution in [3.8, 4) is 0 Å². The Labute approximate surface area is 120 Å². The largest absolute Gasteiger partial charge is 0.471 e. The standard InChI is InChI=1S/C12H9BrF3N3O/c13-8-3-1-7(2-4-8)5-9-6-17-11(18-9)19-10(20)12(14,15)16/h1-4,6H,5H2,(H2,17,18,19,20). The summed E-state index contributed by atoms with van der Waals surface area (Å²) in [5.74, 6) is -2.28. The molecule has 1 heterocycles. The number of carbonyl (C=O) groups excluding carboxylic acids is 1. The maximum absolute atomic E-state index is 12.1. The number of hydrogen-bond acceptors (Lipinski definition) is 2. The fraction of sp³-hybridized carbons (Fsp3) is 0.167. The van der Waals surface area contributed by atoms with Gasteiger partial charge in [0.05, 0.1) is 6.20 Å². The van der Waals surface area contributed by atoms with E-state index >= 15 is 0 Å². The van der Waals surface area contributed by atoms with Crippen LogP contribution >= 0.6 is 15.9 Å². The number of anilines is 1. The van der Waals surface area contributed by atoms with Crippen LogP contribution < -0.4 is 5.32 Å². The molecule has 4 nitrogen and oxygen atoms in total. The number of aromatic nitrogens is 2. The average molecular weight is 348 g/mol. The summed E-state index contributed by atoms with van der Waals surface area (Å²) >= 11 is 3.31. The monoisotopic (exact) mass is 347 g/mol. The first-order chi connectivity index (χ1) is 9.34. The number of alkyl halides is 3. The number of carbonyl (C=O) groups is 1. The number of nitrogens with zero attached hydrogens (tertiary/aromatic N) is 1. The zero-order valence-electron chi connectivity index (χ0n) is 9.96. The normalized spacial score (nSPS) is 11.4. The van der Waals surface area contributed by atoms with Gasteiger partial charge < -0.3 is 4.98 Å². The first kappa shape index (κ1) is 14.6. The highest BCUT2D eigenvalue weighted by Gasteiger charge is 2.39. The minimum atomic E-state index is -4.93. The molecule has 0 saturated heterocycles. The van der Waals surface area contributed by atoms with Crippen LogP contribution in [-0.2, 0) is 11.2 Å². The zero-order chi connectivity index (χ0) is 14.8. The topological polar surface area (TPSA) is 57.8 Å². The fourth-order valence-electron chi connectivity index (χ4n) is 1.51. The number of halogens is 4. The predicted octanol–water partition coefficient (Wildman–Crippen LogP) is 3.26. The Balaban J connectivity index is 2.02. The Morgan fingerprint density at radius 1 is 1.30 bits per heavy atom. The summed E-state index contributed by atoms with van der Waals surface area (Å²) in [5.41, 5.74) is 1.57. The van der Waals surface area contributed by atoms with Gasteiger partial charge in [-0.05, 0) is 17.7 Å². The van der Waals surface area contributed by atoms with Crippen LogP contribution in [0, 0.1) is 0 Å². The van der Waals surface area contributed by atoms with Crippen LogP contribution in [0.3, 0.4) is 0 Å². The van der Waals surface area contributed by atoms with E-state index in [0.29, 0.717) is 12.1 Å². The third-order valence-corrected chi connectivity index (χ3v) is 2.95. The van der Waals surface area contributed by atoms with Gasteiger partial charge in [-0.2, -0.15) is 13.2 Å². The molecule has 1 amide bonds. The molecule has 2 rings (SSSR count). The summed E-state index contributed by atoms with van der Waals surface area (Å²) < 4.78 is 37.1. The molecule has 8 heteroatoms. The van der Waals surface area contributed by atoms with E-state index in [2.05, 4.69) is 25.9 Å². The van der Waals surface area contributed by atoms with Gasteiger partial charge in [0.15, 0.2) is 0 Å². The molecule has 0 fully saturated rings. The molecule has 0 spiro atoms. The number of benzene rings is 1. The summed E-state index contributed by atoms with van der Waals surface area (Å²) in [6.07, 6.45) is -3.07. The summed E-state index contributed by atoms with van der Waals surface area (Å²) in [6.45, 7) is 0. The molecule has 0 aliphatic heterocycles. The maximum Gasteiger partial charge on any atom is 0.471 e. The van der Waals surface area contributed by atoms with Crippen LogP contribution in [0.5, 0.6) is 0 Å². The predicted molar refractivity (Wildman–Crippen MR) is 70.2 cm³/mol. The lowest BCUT2D eigenvalue weighted by atomic mass is 10.1. The van der Waals surface area contributed by atoms with Crippen molar-refractivity contribution in [1.82, 2.24) is 9.97 Å². The third kappa shape index (κ3) is 3.83. The van der Waals surface area contributed by atoms with Crippen molar-refractivity contribution in [1.29, 1.82) is 0 Å². The van der Waals surface area contributed by atoms with Crippen LogP contribution in [0.4, 0.5) is 19.1 Å². The Kier molecular flexibility index (Phi) is 4.12. The average Bonchev–Trinajstić information content (AvgIpc) is 2.78. The van der Waals surface area contributed by atoms with Crippen molar-refractivity contribution in [2.75, 3.05) is 5.32 Å². The third-order valence-electron chi connectivity index (χ3n) is 2.43. The Morgan fingerprint density at radius 2 is 1.95 bits per heavy atom. The SMILES string of the molecule is O=C(Nc1ncc(Cc2ccc(Br)cc2)[nH]1)C(F)(F)F. The van der Waals surface area contributed by atoms with Gasteiger partial charge in [-0.3, -0.25) is 10.1 Å². The first-order valence-corrected chi connectivity index (χ1v) is 6.30. The number of aromatic amines is 1. The van der Waals surface area contributed by atoms with Crippen molar-refractivity contribution in [3.05, 3.63) is 46.2 Å². The molecule has 2 aromatic rings. The molecule has 0 saturated carbocycles. The van der Waals surface area contributed by atoms with Gasteiger partial charge in [0, 0.05) is 16.6 Å². The van der Waals surface area contributed by atoms with E-state index in [4.69, 9.17) is 0 Å². The number of hydrogen-bond donors (Lipinski definition) is 2. The molecular formula is C12H9BrF3N3O. The molecule has 2 N–H and O–H groups in total. The van der Waals surface area contributed by atoms with Crippen molar-refractivity contribution in [2.45, 2.75) is 12.6 Å². The van der Waals surface area contributed by atoms with Crippen molar-refractivity contribution in [2.24, 2.45) is 0 Å². The van der Waals surface area contributed by atoms with E-state index in [0.717, 1.165) is 10.0 Å². The van der Waals surface area contributed by atoms with E-state index in [-0.39, 0.29) is 5.95 Å². The lowest BCUT2D eigenvalue weighted by Crippen LogP contribution is -2.30. The van der Waals surface area contributed by atoms with Gasteiger partial charge in [-0.15, -0.1) is 0 Å². The molecule has 0 bridgehead atoms. The van der Waals surface area contributed by atoms with E-state index in [1.165, 1.54) is 6.20 Å². The Morgan fingerprint density at radius 3 is 2.55 bits per heavy atom. The number of imidazole rings is 1. The van der Waals surface area contributed by atoms with Gasteiger partial charge in [-0.25, -0.2) is 4.98 Å². The molecule has 0 radical (unpaired) electrons. The second kappa shape index (κ2) is 5.66. The fourth-order valence-corrected chi connectivity index (χ4v) is 1.78. The van der Waals surface area contributed by atoms with Gasteiger partial charge in [0.1, 0.15) is 0 Å². The number of rotatable bonds is 3. The van der Waals surface area contributed by atoms with Crippen LogP contribution in [0.15, 0.2) is 34.9 Å². The van der Waals surface area contributed by atoms with E-state index in [1.54, 1.807) is 5.32 Å². The van der Waals surface area contributed by atoms with Crippen LogP contribution in [0.25, 0.3) is 0 Å². The zero-order valence-corrected chi connectivity index (χ0v) is 11.5. The van der Waals surface area contributed by atoms with Gasteiger partial charge in [0.25, 0.3) is 0 Å². The summed E-state index contributed by atoms with van der Waals surface area (Å²) in [4.78, 5) is 17.0. The Hall–Kier alpha value is -1.83. The molecule has 0 unspecified atom stereocenters. The molecule has 1 aromatic heterocycles. The van der Waals surface area contributed by atoms with Gasteiger partial charge in [-0.1, -0.05) is 28.1 Å². The summed E-state index contributed by atoms with van der Waals surface area (Å²) in [7, 11) is 0. The Bertz CT molecular complexity index is 607. The van der Waals surface area contributed by atoms with E-state index in [9.17, 15) is 18.0 Å². The van der Waals surface area contributed by atoms with Crippen LogP contribution in [0.1, 0.15) is 11.3 Å². The van der Waals surface area contributed by atoms with Crippen LogP contribution in [-0.4, -0.2) is 22.1 Å². The maximum atomic E-state index is 12.1. The second-order valence-electron chi connectivity index (χ2n) is 4.01. The van der Waals surface area contributed by atoms with Crippen molar-refractivity contribution in [3.63, 3.8) is 0 Å². The van der Waals surface area contributed by atoms with Crippen molar-refractivity contribution < 1.29 is 18.0 Å². The minimum Gasteiger partial charge on any atom is -0.328 e. The van der Waals surface area contributed by atoms with Gasteiger partial charge in [0.2, 0.25) is 5.95 Å². The molecule has 20 heavy (non-hydrogen) atoms. The molecular weight excluding hydrogens is 339 g/mol. The molecule has 1 aromatic carbocycles. The molecule has 0 aliphatic carbocycles.